The third kappa shape index (κ3) is 1.70. The molecule has 1 rings (SSSR count). The Morgan fingerprint density at radius 1 is 1.12 bits per heavy atom. The quantitative estimate of drug-likeness (QED) is 0.478. The first kappa shape index (κ1) is 6.47. The molecule has 0 bridgehead atoms. The molecular weight excluding hydrogens is 118 g/mol. The van der Waals surface area contributed by atoms with Crippen molar-refractivity contribution in [1.29, 1.82) is 0 Å². The summed E-state index contributed by atoms with van der Waals surface area (Å²) < 4.78 is 0. The predicted molar refractivity (Wildman–Crippen MR) is 39.8 cm³/mol. The molecule has 0 radical (unpaired) electrons. The Morgan fingerprint density at radius 2 is 1.75 bits per heavy atom. The second-order valence-electron chi connectivity index (χ2n) is 2.66. The van der Waals surface area contributed by atoms with Gasteiger partial charge < -0.3 is 0 Å². The zero-order valence-electron chi connectivity index (χ0n) is 5.20. The molecule has 0 heterocycles. The van der Waals surface area contributed by atoms with E-state index < -0.39 is 0 Å². The van der Waals surface area contributed by atoms with Crippen LogP contribution in [0.1, 0.15) is 32.1 Å². The molecule has 0 spiro atoms. The van der Waals surface area contributed by atoms with Gasteiger partial charge in [0.05, 0.1) is 0 Å². The van der Waals surface area contributed by atoms with Crippen LogP contribution in [0, 0.1) is 0 Å². The fourth-order valence-electron chi connectivity index (χ4n) is 1.34. The molecule has 0 saturated heterocycles. The second-order valence-corrected chi connectivity index (χ2v) is 2.97. The van der Waals surface area contributed by atoms with Gasteiger partial charge in [-0.25, -0.2) is 11.5 Å². The Hall–Kier alpha value is 0.355. The molecule has 1 fully saturated rings. The highest BCUT2D eigenvalue weighted by Crippen LogP contribution is 2.27. The first-order valence-electron chi connectivity index (χ1n) is 3.49. The van der Waals surface area contributed by atoms with Gasteiger partial charge >= 0.3 is 0 Å². The lowest BCUT2D eigenvalue weighted by Gasteiger charge is -2.17. The maximum Gasteiger partial charge on any atom is 0.236 e. The maximum atomic E-state index is 5.68. The molecule has 1 saturated carbocycles. The van der Waals surface area contributed by atoms with E-state index in [1.54, 1.807) is 0 Å². The van der Waals surface area contributed by atoms with Crippen LogP contribution >= 0.6 is 11.5 Å². The molecule has 0 N–H and O–H groups in total. The average Bonchev–Trinajstić information content (AvgIpc) is 1.90. The third-order valence-electron chi connectivity index (χ3n) is 1.94. The van der Waals surface area contributed by atoms with Crippen molar-refractivity contribution in [3.8, 4) is 0 Å². The van der Waals surface area contributed by atoms with Gasteiger partial charge in [0, 0.05) is 0 Å². The van der Waals surface area contributed by atoms with E-state index in [0.29, 0.717) is 0 Å². The molecule has 0 aromatic rings. The Balaban J connectivity index is 2.13. The lowest BCUT2D eigenvalue weighted by Crippen LogP contribution is -2.03. The molecule has 0 aromatic heterocycles. The Morgan fingerprint density at radius 3 is 2.12 bits per heavy atom. The summed E-state index contributed by atoms with van der Waals surface area (Å²) in [6.45, 7) is 0.889. The number of hydrogen-bond donors (Lipinski definition) is 0. The van der Waals surface area contributed by atoms with Crippen molar-refractivity contribution in [3.05, 3.63) is 0 Å². The monoisotopic (exact) mass is 130 g/mol. The van der Waals surface area contributed by atoms with E-state index in [0.717, 1.165) is 12.5 Å². The second kappa shape index (κ2) is 3.39. The maximum absolute atomic E-state index is 5.68. The summed E-state index contributed by atoms with van der Waals surface area (Å²) in [4.78, 5) is 0. The van der Waals surface area contributed by atoms with Crippen LogP contribution in [0.4, 0.5) is 0 Å². The summed E-state index contributed by atoms with van der Waals surface area (Å²) >= 11 is 5.68. The van der Waals surface area contributed by atoms with Crippen molar-refractivity contribution < 1.29 is 0 Å². The van der Waals surface area contributed by atoms with E-state index >= 15 is 0 Å². The Bertz CT molecular complexity index is 59.5. The minimum Gasteiger partial charge on any atom is -0.201 e. The molecule has 2 heteroatoms. The van der Waals surface area contributed by atoms with Crippen LogP contribution in [0.5, 0.6) is 0 Å². The van der Waals surface area contributed by atoms with Gasteiger partial charge in [0.2, 0.25) is 6.69 Å². The van der Waals surface area contributed by atoms with Crippen molar-refractivity contribution >= 4 is 18.2 Å². The average molecular weight is 130 g/mol. The van der Waals surface area contributed by atoms with E-state index in [2.05, 4.69) is 0 Å². The number of hydrogen-bond acceptors (Lipinski definition) is 0. The largest absolute Gasteiger partial charge is 0.236 e. The van der Waals surface area contributed by atoms with Crippen molar-refractivity contribution in [2.45, 2.75) is 37.9 Å². The van der Waals surface area contributed by atoms with Crippen molar-refractivity contribution in [3.63, 3.8) is 0 Å². The smallest absolute Gasteiger partial charge is 0.201 e. The number of halogens is 1. The van der Waals surface area contributed by atoms with Crippen LogP contribution in [0.3, 0.4) is 0 Å². The topological polar surface area (TPSA) is 0 Å². The van der Waals surface area contributed by atoms with E-state index in [1.165, 1.54) is 32.1 Å². The molecule has 0 atom stereocenters. The molecular formula is C6H12BCl. The predicted octanol–water partition coefficient (Wildman–Crippen LogP) is 2.33. The van der Waals surface area contributed by atoms with E-state index in [9.17, 15) is 0 Å². The molecule has 1 aliphatic rings. The van der Waals surface area contributed by atoms with Crippen molar-refractivity contribution in [2.24, 2.45) is 0 Å². The first-order chi connectivity index (χ1) is 3.93. The minimum atomic E-state index is 0.852. The van der Waals surface area contributed by atoms with Crippen LogP contribution in [-0.2, 0) is 0 Å². The van der Waals surface area contributed by atoms with Gasteiger partial charge in [0.1, 0.15) is 0 Å². The summed E-state index contributed by atoms with van der Waals surface area (Å²) in [7, 11) is 0. The molecule has 0 aromatic carbocycles. The van der Waals surface area contributed by atoms with Gasteiger partial charge in [-0.1, -0.05) is 37.9 Å². The highest BCUT2D eigenvalue weighted by atomic mass is 35.5. The summed E-state index contributed by atoms with van der Waals surface area (Å²) in [6.07, 6.45) is 7.02. The summed E-state index contributed by atoms with van der Waals surface area (Å²) in [5.41, 5.74) is 0. The standard InChI is InChI=1S/C6H12BCl/c8-7-6-4-2-1-3-5-6/h6-7H,1-5H2. The molecule has 8 heavy (non-hydrogen) atoms. The highest BCUT2D eigenvalue weighted by Gasteiger charge is 2.12. The fraction of sp³-hybridized carbons (Fsp3) is 1.00. The van der Waals surface area contributed by atoms with Gasteiger partial charge in [-0.15, -0.1) is 0 Å². The fourth-order valence-corrected chi connectivity index (χ4v) is 1.65. The summed E-state index contributed by atoms with van der Waals surface area (Å²) in [5, 5.41) is 0. The highest BCUT2D eigenvalue weighted by molar-refractivity contribution is 6.94. The SMILES string of the molecule is ClBC1CCCCC1. The van der Waals surface area contributed by atoms with Gasteiger partial charge in [-0.2, -0.15) is 0 Å². The van der Waals surface area contributed by atoms with E-state index in [1.807, 2.05) is 0 Å². The normalized spacial score (nSPS) is 23.1. The minimum absolute atomic E-state index is 0.852. The Labute approximate surface area is 56.8 Å². The van der Waals surface area contributed by atoms with Crippen LogP contribution in [0.2, 0.25) is 5.82 Å². The molecule has 0 aliphatic heterocycles. The van der Waals surface area contributed by atoms with E-state index in [4.69, 9.17) is 11.5 Å². The van der Waals surface area contributed by atoms with Gasteiger partial charge in [0.25, 0.3) is 0 Å². The van der Waals surface area contributed by atoms with E-state index in [-0.39, 0.29) is 0 Å². The Kier molecular flexibility index (Phi) is 2.75. The lowest BCUT2D eigenvalue weighted by molar-refractivity contribution is 0.503. The van der Waals surface area contributed by atoms with Gasteiger partial charge in [-0.3, -0.25) is 0 Å². The molecule has 46 valence electrons. The van der Waals surface area contributed by atoms with Gasteiger partial charge in [-0.05, 0) is 0 Å². The molecule has 0 unspecified atom stereocenters. The first-order valence-corrected chi connectivity index (χ1v) is 4.03. The molecule has 0 amide bonds. The van der Waals surface area contributed by atoms with Crippen molar-refractivity contribution in [2.75, 3.05) is 0 Å². The molecule has 0 nitrogen and oxygen atoms in total. The van der Waals surface area contributed by atoms with Crippen molar-refractivity contribution in [1.82, 2.24) is 0 Å². The zero-order valence-corrected chi connectivity index (χ0v) is 5.95. The number of rotatable bonds is 1. The zero-order chi connectivity index (χ0) is 5.82. The summed E-state index contributed by atoms with van der Waals surface area (Å²) in [5.74, 6) is 0.852. The molecule has 1 aliphatic carbocycles. The van der Waals surface area contributed by atoms with Crippen LogP contribution < -0.4 is 0 Å². The van der Waals surface area contributed by atoms with Gasteiger partial charge in [0.15, 0.2) is 0 Å². The lowest BCUT2D eigenvalue weighted by atomic mass is 9.75. The van der Waals surface area contributed by atoms with Crippen LogP contribution in [0.15, 0.2) is 0 Å². The third-order valence-corrected chi connectivity index (χ3v) is 2.38. The van der Waals surface area contributed by atoms with Crippen LogP contribution in [-0.4, -0.2) is 6.69 Å². The summed E-state index contributed by atoms with van der Waals surface area (Å²) in [6, 6.07) is 0. The van der Waals surface area contributed by atoms with Crippen LogP contribution in [0.25, 0.3) is 0 Å².